The van der Waals surface area contributed by atoms with Crippen LogP contribution < -0.4 is 0 Å². The van der Waals surface area contributed by atoms with Crippen LogP contribution in [0.2, 0.25) is 0 Å². The van der Waals surface area contributed by atoms with Gasteiger partial charge in [0.1, 0.15) is 12.7 Å². The SMILES string of the molecule is CC1(C)C(CO[N+](=O)[O-])C(O[N+](=O)[O-])C(C)(C)N1O. The van der Waals surface area contributed by atoms with Crippen molar-refractivity contribution in [1.82, 2.24) is 5.06 Å². The smallest absolute Gasteiger partial charge is 0.294 e. The highest BCUT2D eigenvalue weighted by Gasteiger charge is 2.60. The van der Waals surface area contributed by atoms with Gasteiger partial charge >= 0.3 is 0 Å². The van der Waals surface area contributed by atoms with Gasteiger partial charge in [-0.05, 0) is 27.7 Å². The van der Waals surface area contributed by atoms with Crippen LogP contribution in [0.15, 0.2) is 0 Å². The Labute approximate surface area is 109 Å². The molecule has 0 radical (unpaired) electrons. The van der Waals surface area contributed by atoms with E-state index in [4.69, 9.17) is 0 Å². The van der Waals surface area contributed by atoms with E-state index >= 15 is 0 Å². The Balaban J connectivity index is 3.05. The maximum Gasteiger partial charge on any atom is 0.294 e. The van der Waals surface area contributed by atoms with Crippen molar-refractivity contribution in [2.75, 3.05) is 6.61 Å². The predicted molar refractivity (Wildman–Crippen MR) is 60.1 cm³/mol. The number of rotatable bonds is 5. The highest BCUT2D eigenvalue weighted by Crippen LogP contribution is 2.45. The third-order valence-electron chi connectivity index (χ3n) is 3.62. The van der Waals surface area contributed by atoms with E-state index in [0.717, 1.165) is 5.06 Å². The first-order valence-corrected chi connectivity index (χ1v) is 5.59. The van der Waals surface area contributed by atoms with E-state index in [-0.39, 0.29) is 0 Å². The fourth-order valence-electron chi connectivity index (χ4n) is 2.61. The van der Waals surface area contributed by atoms with Crippen LogP contribution in [0.1, 0.15) is 27.7 Å². The van der Waals surface area contributed by atoms with Gasteiger partial charge in [0.2, 0.25) is 0 Å². The quantitative estimate of drug-likeness (QED) is 0.573. The topological polar surface area (TPSA) is 128 Å². The summed E-state index contributed by atoms with van der Waals surface area (Å²) in [4.78, 5) is 29.7. The predicted octanol–water partition coefficient (Wildman–Crippen LogP) is 0.650. The number of hydrogen-bond donors (Lipinski definition) is 1. The van der Waals surface area contributed by atoms with Crippen molar-refractivity contribution in [3.8, 4) is 0 Å². The summed E-state index contributed by atoms with van der Waals surface area (Å²) in [5.41, 5.74) is -2.05. The van der Waals surface area contributed by atoms with Crippen LogP contribution >= 0.6 is 0 Å². The highest BCUT2D eigenvalue weighted by atomic mass is 17.0. The number of nitrogens with zero attached hydrogens (tertiary/aromatic N) is 3. The van der Waals surface area contributed by atoms with Crippen molar-refractivity contribution < 1.29 is 25.1 Å². The Morgan fingerprint density at radius 3 is 2.11 bits per heavy atom. The molecule has 0 aromatic heterocycles. The van der Waals surface area contributed by atoms with Crippen LogP contribution in [0, 0.1) is 26.1 Å². The van der Waals surface area contributed by atoms with Crippen LogP contribution in [-0.2, 0) is 9.68 Å². The molecule has 0 bridgehead atoms. The second-order valence-corrected chi connectivity index (χ2v) is 5.49. The lowest BCUT2D eigenvalue weighted by Crippen LogP contribution is -2.49. The van der Waals surface area contributed by atoms with Crippen LogP contribution in [-0.4, -0.2) is 44.2 Å². The first-order valence-electron chi connectivity index (χ1n) is 5.59. The zero-order valence-electron chi connectivity index (χ0n) is 11.1. The van der Waals surface area contributed by atoms with Gasteiger partial charge in [0, 0.05) is 11.5 Å². The van der Waals surface area contributed by atoms with E-state index in [1.54, 1.807) is 27.7 Å². The van der Waals surface area contributed by atoms with Crippen LogP contribution in [0.4, 0.5) is 0 Å². The van der Waals surface area contributed by atoms with Crippen molar-refractivity contribution in [3.05, 3.63) is 20.2 Å². The van der Waals surface area contributed by atoms with Gasteiger partial charge < -0.3 is 14.9 Å². The summed E-state index contributed by atoms with van der Waals surface area (Å²) in [6.07, 6.45) is -1.05. The molecular formula is C9H17N3O7. The molecule has 1 rings (SSSR count). The Hall–Kier alpha value is -1.68. The van der Waals surface area contributed by atoms with Crippen LogP contribution in [0.3, 0.4) is 0 Å². The Morgan fingerprint density at radius 1 is 1.16 bits per heavy atom. The molecule has 0 aromatic carbocycles. The van der Waals surface area contributed by atoms with Crippen LogP contribution in [0.25, 0.3) is 0 Å². The zero-order chi connectivity index (χ0) is 15.0. The van der Waals surface area contributed by atoms with Gasteiger partial charge in [-0.3, -0.25) is 0 Å². The molecule has 110 valence electrons. The van der Waals surface area contributed by atoms with Crippen molar-refractivity contribution in [3.63, 3.8) is 0 Å². The van der Waals surface area contributed by atoms with E-state index in [0.29, 0.717) is 0 Å². The average molecular weight is 279 g/mol. The van der Waals surface area contributed by atoms with Crippen molar-refractivity contribution >= 4 is 0 Å². The maximum atomic E-state index is 10.6. The molecule has 1 heterocycles. The molecule has 0 spiro atoms. The third kappa shape index (κ3) is 2.68. The number of hydrogen-bond acceptors (Lipinski definition) is 8. The van der Waals surface area contributed by atoms with Crippen LogP contribution in [0.5, 0.6) is 0 Å². The molecule has 0 amide bonds. The summed E-state index contributed by atoms with van der Waals surface area (Å²) in [7, 11) is 0. The first kappa shape index (κ1) is 15.4. The molecule has 0 saturated carbocycles. The third-order valence-corrected chi connectivity index (χ3v) is 3.62. The molecule has 10 nitrogen and oxygen atoms in total. The van der Waals surface area contributed by atoms with Gasteiger partial charge in [0.15, 0.2) is 0 Å². The second-order valence-electron chi connectivity index (χ2n) is 5.49. The summed E-state index contributed by atoms with van der Waals surface area (Å²) in [5, 5.41) is 29.9. The van der Waals surface area contributed by atoms with Crippen molar-refractivity contribution in [2.45, 2.75) is 44.9 Å². The van der Waals surface area contributed by atoms with Gasteiger partial charge in [-0.25, -0.2) is 0 Å². The van der Waals surface area contributed by atoms with Crippen molar-refractivity contribution in [2.24, 2.45) is 5.92 Å². The normalized spacial score (nSPS) is 28.9. The molecular weight excluding hydrogens is 262 g/mol. The van der Waals surface area contributed by atoms with Gasteiger partial charge in [-0.2, -0.15) is 5.06 Å². The second kappa shape index (κ2) is 4.78. The molecule has 0 aliphatic carbocycles. The molecule has 2 unspecified atom stereocenters. The first-order chi connectivity index (χ1) is 8.51. The lowest BCUT2D eigenvalue weighted by atomic mass is 9.85. The fraction of sp³-hybridized carbons (Fsp3) is 1.00. The standard InChI is InChI=1S/C9H17N3O7/c1-8(2)6(5-18-11(14)15)7(19-12(16)17)9(3,4)10(8)13/h6-7,13H,5H2,1-4H3. The lowest BCUT2D eigenvalue weighted by Gasteiger charge is -2.35. The summed E-state index contributed by atoms with van der Waals surface area (Å²) in [6.45, 7) is 5.90. The van der Waals surface area contributed by atoms with Crippen molar-refractivity contribution in [1.29, 1.82) is 0 Å². The molecule has 1 N–H and O–H groups in total. The maximum absolute atomic E-state index is 10.6. The van der Waals surface area contributed by atoms with E-state index in [9.17, 15) is 25.4 Å². The van der Waals surface area contributed by atoms with Gasteiger partial charge in [0.25, 0.3) is 10.2 Å². The summed E-state index contributed by atoms with van der Waals surface area (Å²) in [6, 6.07) is 0. The van der Waals surface area contributed by atoms with E-state index in [2.05, 4.69) is 9.68 Å². The van der Waals surface area contributed by atoms with Gasteiger partial charge in [-0.1, -0.05) is 0 Å². The molecule has 19 heavy (non-hydrogen) atoms. The molecule has 1 saturated heterocycles. The van der Waals surface area contributed by atoms with Gasteiger partial charge in [0.05, 0.1) is 5.54 Å². The Morgan fingerprint density at radius 2 is 1.68 bits per heavy atom. The summed E-state index contributed by atoms with van der Waals surface area (Å²) in [5.74, 6) is -0.747. The number of hydroxylamine groups is 2. The van der Waals surface area contributed by atoms with Gasteiger partial charge in [-0.15, -0.1) is 20.2 Å². The monoisotopic (exact) mass is 279 g/mol. The van der Waals surface area contributed by atoms with E-state index in [1.807, 2.05) is 0 Å². The molecule has 0 aromatic rings. The largest absolute Gasteiger partial charge is 0.313 e. The van der Waals surface area contributed by atoms with E-state index in [1.165, 1.54) is 0 Å². The minimum absolute atomic E-state index is 0.404. The minimum atomic E-state index is -1.08. The lowest BCUT2D eigenvalue weighted by molar-refractivity contribution is -0.778. The summed E-state index contributed by atoms with van der Waals surface area (Å²) >= 11 is 0. The molecule has 1 aliphatic rings. The fourth-order valence-corrected chi connectivity index (χ4v) is 2.61. The molecule has 2 atom stereocenters. The minimum Gasteiger partial charge on any atom is -0.313 e. The molecule has 1 aliphatic heterocycles. The Kier molecular flexibility index (Phi) is 3.87. The molecule has 1 fully saturated rings. The van der Waals surface area contributed by atoms with E-state index < -0.39 is 39.9 Å². The zero-order valence-corrected chi connectivity index (χ0v) is 11.1. The molecule has 10 heteroatoms. The highest BCUT2D eigenvalue weighted by molar-refractivity contribution is 5.08. The summed E-state index contributed by atoms with van der Waals surface area (Å²) < 4.78 is 0. The Bertz CT molecular complexity index is 384. The average Bonchev–Trinajstić information content (AvgIpc) is 2.35.